The molecular formula is C21H26ClN3O2. The van der Waals surface area contributed by atoms with Gasteiger partial charge in [0.2, 0.25) is 11.8 Å². The van der Waals surface area contributed by atoms with Gasteiger partial charge < -0.3 is 16.0 Å². The van der Waals surface area contributed by atoms with E-state index in [1.54, 1.807) is 0 Å². The largest absolute Gasteiger partial charge is 0.399 e. The van der Waals surface area contributed by atoms with E-state index in [1.807, 2.05) is 47.4 Å². The van der Waals surface area contributed by atoms with Gasteiger partial charge in [-0.2, -0.15) is 0 Å². The Kier molecular flexibility index (Phi) is 7.67. The highest BCUT2D eigenvalue weighted by Gasteiger charge is 2.19. The first kappa shape index (κ1) is 20.8. The number of rotatable bonds is 7. The van der Waals surface area contributed by atoms with Gasteiger partial charge in [-0.1, -0.05) is 42.5 Å². The zero-order valence-electron chi connectivity index (χ0n) is 15.3. The van der Waals surface area contributed by atoms with Crippen LogP contribution < -0.4 is 11.1 Å². The lowest BCUT2D eigenvalue weighted by molar-refractivity contribution is -0.128. The molecule has 1 aliphatic heterocycles. The summed E-state index contributed by atoms with van der Waals surface area (Å²) in [6.07, 6.45) is 2.65. The lowest BCUT2D eigenvalue weighted by atomic mass is 10.1. The van der Waals surface area contributed by atoms with Crippen molar-refractivity contribution in [3.8, 4) is 0 Å². The number of nitrogen functional groups attached to an aromatic ring is 1. The van der Waals surface area contributed by atoms with Crippen molar-refractivity contribution in [3.05, 3.63) is 65.2 Å². The number of benzene rings is 2. The third-order valence-corrected chi connectivity index (χ3v) is 4.70. The molecule has 0 spiro atoms. The fraction of sp³-hybridized carbons (Fsp3) is 0.333. The number of hydrogen-bond donors (Lipinski definition) is 2. The van der Waals surface area contributed by atoms with E-state index in [9.17, 15) is 9.59 Å². The van der Waals surface area contributed by atoms with Crippen LogP contribution in [0.25, 0.3) is 0 Å². The number of nitrogens with one attached hydrogen (secondary N) is 1. The van der Waals surface area contributed by atoms with Crippen LogP contribution in [0.3, 0.4) is 0 Å². The Balaban J connectivity index is 0.00000261. The fourth-order valence-corrected chi connectivity index (χ4v) is 3.23. The quantitative estimate of drug-likeness (QED) is 0.717. The molecule has 0 saturated carbocycles. The van der Waals surface area contributed by atoms with Crippen molar-refractivity contribution in [1.82, 2.24) is 10.2 Å². The van der Waals surface area contributed by atoms with Crippen LogP contribution in [0.5, 0.6) is 0 Å². The van der Waals surface area contributed by atoms with E-state index in [0.717, 1.165) is 35.3 Å². The topological polar surface area (TPSA) is 75.4 Å². The highest BCUT2D eigenvalue weighted by atomic mass is 35.5. The summed E-state index contributed by atoms with van der Waals surface area (Å²) in [7, 11) is 0. The predicted octanol–water partition coefficient (Wildman–Crippen LogP) is 3.06. The van der Waals surface area contributed by atoms with Crippen LogP contribution in [0.15, 0.2) is 48.5 Å². The summed E-state index contributed by atoms with van der Waals surface area (Å²) < 4.78 is 0. The number of halogens is 1. The number of anilines is 1. The minimum absolute atomic E-state index is 0. The SMILES string of the molecule is Cl.Nc1ccccc1CCC(=O)NCc1cccc(CN2CCCC2=O)c1. The molecular weight excluding hydrogens is 362 g/mol. The predicted molar refractivity (Wildman–Crippen MR) is 109 cm³/mol. The fourth-order valence-electron chi connectivity index (χ4n) is 3.23. The van der Waals surface area contributed by atoms with Crippen LogP contribution in [0.4, 0.5) is 5.69 Å². The molecule has 0 aromatic heterocycles. The molecule has 3 N–H and O–H groups in total. The monoisotopic (exact) mass is 387 g/mol. The van der Waals surface area contributed by atoms with Crippen molar-refractivity contribution >= 4 is 29.9 Å². The van der Waals surface area contributed by atoms with E-state index in [1.165, 1.54) is 0 Å². The Labute approximate surface area is 166 Å². The number of amides is 2. The molecule has 1 aliphatic rings. The number of nitrogens with zero attached hydrogens (tertiary/aromatic N) is 1. The van der Waals surface area contributed by atoms with Crippen LogP contribution in [0, 0.1) is 0 Å². The van der Waals surface area contributed by atoms with Crippen LogP contribution in [0.2, 0.25) is 0 Å². The Bertz CT molecular complexity index is 795. The lowest BCUT2D eigenvalue weighted by Gasteiger charge is -2.16. The summed E-state index contributed by atoms with van der Waals surface area (Å²) in [5.74, 6) is 0.234. The minimum Gasteiger partial charge on any atom is -0.399 e. The van der Waals surface area contributed by atoms with Crippen molar-refractivity contribution in [2.75, 3.05) is 12.3 Å². The summed E-state index contributed by atoms with van der Waals surface area (Å²) >= 11 is 0. The number of nitrogens with two attached hydrogens (primary N) is 1. The van der Waals surface area contributed by atoms with Crippen molar-refractivity contribution in [2.45, 2.75) is 38.8 Å². The molecule has 1 saturated heterocycles. The number of aryl methyl sites for hydroxylation is 1. The Morgan fingerprint density at radius 3 is 2.63 bits per heavy atom. The number of hydrogen-bond acceptors (Lipinski definition) is 3. The van der Waals surface area contributed by atoms with Crippen LogP contribution in [0.1, 0.15) is 36.0 Å². The molecule has 3 rings (SSSR count). The zero-order valence-corrected chi connectivity index (χ0v) is 16.1. The van der Waals surface area contributed by atoms with Gasteiger partial charge >= 0.3 is 0 Å². The van der Waals surface area contributed by atoms with E-state index < -0.39 is 0 Å². The molecule has 0 radical (unpaired) electrons. The van der Waals surface area contributed by atoms with E-state index in [2.05, 4.69) is 11.4 Å². The van der Waals surface area contributed by atoms with E-state index in [0.29, 0.717) is 32.4 Å². The molecule has 144 valence electrons. The number of likely N-dealkylation sites (tertiary alicyclic amines) is 1. The summed E-state index contributed by atoms with van der Waals surface area (Å²) in [5.41, 5.74) is 9.78. The molecule has 1 fully saturated rings. The van der Waals surface area contributed by atoms with E-state index in [-0.39, 0.29) is 24.2 Å². The molecule has 2 aromatic carbocycles. The summed E-state index contributed by atoms with van der Waals surface area (Å²) in [6.45, 7) is 1.97. The standard InChI is InChI=1S/C21H25N3O2.ClH/c22-19-8-2-1-7-18(19)10-11-20(25)23-14-16-5-3-6-17(13-16)15-24-12-4-9-21(24)26;/h1-3,5-8,13H,4,9-12,14-15,22H2,(H,23,25);1H. The Morgan fingerprint density at radius 2 is 1.89 bits per heavy atom. The van der Waals surface area contributed by atoms with Crippen molar-refractivity contribution in [3.63, 3.8) is 0 Å². The third-order valence-electron chi connectivity index (χ3n) is 4.70. The van der Waals surface area contributed by atoms with E-state index in [4.69, 9.17) is 5.73 Å². The molecule has 0 aliphatic carbocycles. The number of carbonyl (C=O) groups is 2. The molecule has 5 nitrogen and oxygen atoms in total. The molecule has 1 heterocycles. The van der Waals surface area contributed by atoms with Gasteiger partial charge in [-0.05, 0) is 35.6 Å². The molecule has 0 atom stereocenters. The van der Waals surface area contributed by atoms with Gasteiger partial charge in [-0.25, -0.2) is 0 Å². The maximum absolute atomic E-state index is 12.1. The summed E-state index contributed by atoms with van der Waals surface area (Å²) in [4.78, 5) is 25.7. The van der Waals surface area contributed by atoms with Gasteiger partial charge in [0.1, 0.15) is 0 Å². The molecule has 27 heavy (non-hydrogen) atoms. The minimum atomic E-state index is 0. The van der Waals surface area contributed by atoms with Gasteiger partial charge in [0.15, 0.2) is 0 Å². The normalized spacial score (nSPS) is 13.3. The first-order valence-electron chi connectivity index (χ1n) is 9.07. The molecule has 2 aromatic rings. The highest BCUT2D eigenvalue weighted by Crippen LogP contribution is 2.15. The van der Waals surface area contributed by atoms with Crippen LogP contribution in [-0.2, 0) is 29.1 Å². The highest BCUT2D eigenvalue weighted by molar-refractivity contribution is 5.85. The maximum atomic E-state index is 12.1. The number of carbonyl (C=O) groups excluding carboxylic acids is 2. The first-order chi connectivity index (χ1) is 12.6. The van der Waals surface area contributed by atoms with Crippen molar-refractivity contribution in [1.29, 1.82) is 0 Å². The first-order valence-corrected chi connectivity index (χ1v) is 9.07. The van der Waals surface area contributed by atoms with Crippen molar-refractivity contribution < 1.29 is 9.59 Å². The third kappa shape index (κ3) is 6.00. The zero-order chi connectivity index (χ0) is 18.4. The molecule has 6 heteroatoms. The van der Waals surface area contributed by atoms with Gasteiger partial charge in [-0.3, -0.25) is 9.59 Å². The van der Waals surface area contributed by atoms with E-state index >= 15 is 0 Å². The van der Waals surface area contributed by atoms with Crippen LogP contribution in [-0.4, -0.2) is 23.3 Å². The second-order valence-corrected chi connectivity index (χ2v) is 6.71. The van der Waals surface area contributed by atoms with Gasteiger partial charge in [0.25, 0.3) is 0 Å². The maximum Gasteiger partial charge on any atom is 0.222 e. The molecule has 2 amide bonds. The number of para-hydroxylation sites is 1. The summed E-state index contributed by atoms with van der Waals surface area (Å²) in [6, 6.07) is 15.7. The van der Waals surface area contributed by atoms with Crippen LogP contribution >= 0.6 is 12.4 Å². The second kappa shape index (κ2) is 9.97. The van der Waals surface area contributed by atoms with Gasteiger partial charge in [-0.15, -0.1) is 12.4 Å². The average molecular weight is 388 g/mol. The van der Waals surface area contributed by atoms with Crippen molar-refractivity contribution in [2.24, 2.45) is 0 Å². The van der Waals surface area contributed by atoms with Gasteiger partial charge in [0, 0.05) is 38.2 Å². The Morgan fingerprint density at radius 1 is 1.11 bits per heavy atom. The lowest BCUT2D eigenvalue weighted by Crippen LogP contribution is -2.24. The average Bonchev–Trinajstić information content (AvgIpc) is 3.04. The molecule has 0 unspecified atom stereocenters. The second-order valence-electron chi connectivity index (χ2n) is 6.71. The molecule has 0 bridgehead atoms. The van der Waals surface area contributed by atoms with Gasteiger partial charge in [0.05, 0.1) is 0 Å². The smallest absolute Gasteiger partial charge is 0.222 e. The Hall–Kier alpha value is -2.53. The summed E-state index contributed by atoms with van der Waals surface area (Å²) in [5, 5.41) is 2.96.